The predicted octanol–water partition coefficient (Wildman–Crippen LogP) is 4.65. The first-order valence-electron chi connectivity index (χ1n) is 9.18. The lowest BCUT2D eigenvalue weighted by molar-refractivity contribution is -0.137. The molecule has 2 heterocycles. The fraction of sp³-hybridized carbons (Fsp3) is 0.286. The fourth-order valence-electron chi connectivity index (χ4n) is 2.94. The summed E-state index contributed by atoms with van der Waals surface area (Å²) in [7, 11) is 0. The third-order valence-electron chi connectivity index (χ3n) is 4.78. The van der Waals surface area contributed by atoms with Gasteiger partial charge in [0, 0.05) is 6.20 Å². The lowest BCUT2D eigenvalue weighted by atomic mass is 10.0. The summed E-state index contributed by atoms with van der Waals surface area (Å²) in [6, 6.07) is 9.96. The summed E-state index contributed by atoms with van der Waals surface area (Å²) < 4.78 is 39.4. The highest BCUT2D eigenvalue weighted by molar-refractivity contribution is 5.95. The molecule has 5 nitrogen and oxygen atoms in total. The molecule has 1 aromatic carbocycles. The van der Waals surface area contributed by atoms with Crippen molar-refractivity contribution in [2.45, 2.75) is 39.4 Å². The van der Waals surface area contributed by atoms with E-state index in [0.29, 0.717) is 11.3 Å². The van der Waals surface area contributed by atoms with Gasteiger partial charge in [0.15, 0.2) is 5.82 Å². The largest absolute Gasteiger partial charge is 0.417 e. The van der Waals surface area contributed by atoms with Gasteiger partial charge in [0.1, 0.15) is 0 Å². The highest BCUT2D eigenvalue weighted by Gasteiger charge is 2.30. The molecule has 0 aliphatic carbocycles. The van der Waals surface area contributed by atoms with Gasteiger partial charge in [-0.25, -0.2) is 9.67 Å². The smallest absolute Gasteiger partial charge is 0.345 e. The summed E-state index contributed by atoms with van der Waals surface area (Å²) in [5.41, 5.74) is 2.18. The molecule has 1 N–H and O–H groups in total. The third-order valence-corrected chi connectivity index (χ3v) is 4.78. The maximum Gasteiger partial charge on any atom is 0.417 e. The van der Waals surface area contributed by atoms with Crippen molar-refractivity contribution in [1.29, 1.82) is 0 Å². The van der Waals surface area contributed by atoms with Gasteiger partial charge in [-0.3, -0.25) is 4.79 Å². The lowest BCUT2D eigenvalue weighted by Crippen LogP contribution is -2.27. The topological polar surface area (TPSA) is 59.8 Å². The molecule has 3 rings (SSSR count). The van der Waals surface area contributed by atoms with Crippen LogP contribution >= 0.6 is 0 Å². The average molecular weight is 402 g/mol. The standard InChI is InChI=1S/C21H21F3N4O/c1-4-15-5-7-16(8-6-15)13(2)27-20(29)18-12-26-28(14(18)3)19-10-9-17(11-25-19)21(22,23)24/h5-13H,4H2,1-3H3,(H,27,29). The van der Waals surface area contributed by atoms with Crippen molar-refractivity contribution in [3.63, 3.8) is 0 Å². The summed E-state index contributed by atoms with van der Waals surface area (Å²) in [5, 5.41) is 7.04. The predicted molar refractivity (Wildman–Crippen MR) is 103 cm³/mol. The highest BCUT2D eigenvalue weighted by Crippen LogP contribution is 2.29. The first-order valence-corrected chi connectivity index (χ1v) is 9.18. The van der Waals surface area contributed by atoms with E-state index in [-0.39, 0.29) is 17.8 Å². The SMILES string of the molecule is CCc1ccc(C(C)NC(=O)c2cnn(-c3ccc(C(F)(F)F)cn3)c2C)cc1. The first-order chi connectivity index (χ1) is 13.7. The van der Waals surface area contributed by atoms with Gasteiger partial charge >= 0.3 is 6.18 Å². The van der Waals surface area contributed by atoms with Crippen LogP contribution in [-0.4, -0.2) is 20.7 Å². The fourth-order valence-corrected chi connectivity index (χ4v) is 2.94. The van der Waals surface area contributed by atoms with Gasteiger partial charge in [0.05, 0.1) is 29.1 Å². The number of alkyl halides is 3. The number of aryl methyl sites for hydroxylation is 1. The van der Waals surface area contributed by atoms with E-state index in [1.54, 1.807) is 6.92 Å². The van der Waals surface area contributed by atoms with E-state index in [1.165, 1.54) is 22.5 Å². The quantitative estimate of drug-likeness (QED) is 0.676. The minimum atomic E-state index is -4.46. The van der Waals surface area contributed by atoms with E-state index in [9.17, 15) is 18.0 Å². The Hall–Kier alpha value is -3.16. The van der Waals surface area contributed by atoms with Crippen molar-refractivity contribution < 1.29 is 18.0 Å². The van der Waals surface area contributed by atoms with Gasteiger partial charge in [0.2, 0.25) is 0 Å². The number of halogens is 3. The molecule has 152 valence electrons. The molecule has 3 aromatic rings. The second kappa shape index (κ2) is 8.06. The maximum atomic E-state index is 12.7. The Kier molecular flexibility index (Phi) is 5.72. The molecule has 0 aliphatic rings. The number of nitrogens with one attached hydrogen (secondary N) is 1. The Labute approximate surface area is 166 Å². The number of rotatable bonds is 5. The average Bonchev–Trinajstić information content (AvgIpc) is 3.09. The van der Waals surface area contributed by atoms with E-state index < -0.39 is 11.7 Å². The highest BCUT2D eigenvalue weighted by atomic mass is 19.4. The van der Waals surface area contributed by atoms with Gasteiger partial charge in [-0.05, 0) is 43.5 Å². The Balaban J connectivity index is 1.76. The van der Waals surface area contributed by atoms with Crippen molar-refractivity contribution in [3.8, 4) is 5.82 Å². The first kappa shape index (κ1) is 20.6. The number of amides is 1. The molecule has 0 aliphatic heterocycles. The molecule has 0 radical (unpaired) electrons. The van der Waals surface area contributed by atoms with Crippen molar-refractivity contribution >= 4 is 5.91 Å². The second-order valence-corrected chi connectivity index (χ2v) is 6.75. The Bertz CT molecular complexity index is 992. The Morgan fingerprint density at radius 2 is 1.83 bits per heavy atom. The van der Waals surface area contributed by atoms with E-state index in [4.69, 9.17) is 0 Å². The summed E-state index contributed by atoms with van der Waals surface area (Å²) in [6.45, 7) is 5.63. The van der Waals surface area contributed by atoms with Crippen LogP contribution in [0, 0.1) is 6.92 Å². The number of aromatic nitrogens is 3. The minimum absolute atomic E-state index is 0.206. The molecule has 0 spiro atoms. The second-order valence-electron chi connectivity index (χ2n) is 6.75. The Morgan fingerprint density at radius 3 is 2.38 bits per heavy atom. The summed E-state index contributed by atoms with van der Waals surface area (Å²) >= 11 is 0. The molecule has 29 heavy (non-hydrogen) atoms. The zero-order chi connectivity index (χ0) is 21.2. The number of benzene rings is 1. The van der Waals surface area contributed by atoms with Crippen LogP contribution in [0.25, 0.3) is 5.82 Å². The molecular weight excluding hydrogens is 381 g/mol. The molecule has 1 atom stereocenters. The van der Waals surface area contributed by atoms with E-state index >= 15 is 0 Å². The van der Waals surface area contributed by atoms with Crippen LogP contribution in [0.3, 0.4) is 0 Å². The molecule has 0 saturated heterocycles. The number of hydrogen-bond acceptors (Lipinski definition) is 3. The molecular formula is C21H21F3N4O. The molecule has 0 bridgehead atoms. The van der Waals surface area contributed by atoms with Crippen molar-refractivity contribution in [3.05, 3.63) is 76.7 Å². The van der Waals surface area contributed by atoms with Gasteiger partial charge in [-0.1, -0.05) is 31.2 Å². The van der Waals surface area contributed by atoms with E-state index in [2.05, 4.69) is 22.3 Å². The molecule has 2 aromatic heterocycles. The van der Waals surface area contributed by atoms with Crippen LogP contribution in [0.5, 0.6) is 0 Å². The van der Waals surface area contributed by atoms with Crippen LogP contribution in [0.1, 0.15) is 52.6 Å². The van der Waals surface area contributed by atoms with Crippen LogP contribution in [0.4, 0.5) is 13.2 Å². The monoisotopic (exact) mass is 402 g/mol. The minimum Gasteiger partial charge on any atom is -0.345 e. The number of pyridine rings is 1. The van der Waals surface area contributed by atoms with Gasteiger partial charge in [-0.15, -0.1) is 0 Å². The number of hydrogen-bond donors (Lipinski definition) is 1. The summed E-state index contributed by atoms with van der Waals surface area (Å²) in [5.74, 6) is -0.106. The zero-order valence-corrected chi connectivity index (χ0v) is 16.3. The molecule has 1 amide bonds. The van der Waals surface area contributed by atoms with Crippen LogP contribution in [-0.2, 0) is 12.6 Å². The van der Waals surface area contributed by atoms with Crippen LogP contribution in [0.2, 0.25) is 0 Å². The number of carbonyl (C=O) groups is 1. The third kappa shape index (κ3) is 4.47. The zero-order valence-electron chi connectivity index (χ0n) is 16.3. The number of carbonyl (C=O) groups excluding carboxylic acids is 1. The van der Waals surface area contributed by atoms with Gasteiger partial charge in [-0.2, -0.15) is 18.3 Å². The molecule has 1 unspecified atom stereocenters. The van der Waals surface area contributed by atoms with Crippen molar-refractivity contribution in [2.75, 3.05) is 0 Å². The lowest BCUT2D eigenvalue weighted by Gasteiger charge is -2.15. The Morgan fingerprint density at radius 1 is 1.14 bits per heavy atom. The van der Waals surface area contributed by atoms with E-state index in [0.717, 1.165) is 24.2 Å². The molecule has 0 saturated carbocycles. The number of nitrogens with zero attached hydrogens (tertiary/aromatic N) is 3. The van der Waals surface area contributed by atoms with Crippen molar-refractivity contribution in [2.24, 2.45) is 0 Å². The molecule has 8 heteroatoms. The summed E-state index contributed by atoms with van der Waals surface area (Å²) in [6.07, 6.45) is -1.38. The molecule has 0 fully saturated rings. The van der Waals surface area contributed by atoms with Gasteiger partial charge in [0.25, 0.3) is 5.91 Å². The maximum absolute atomic E-state index is 12.7. The normalized spacial score (nSPS) is 12.6. The van der Waals surface area contributed by atoms with Crippen molar-refractivity contribution in [1.82, 2.24) is 20.1 Å². The van der Waals surface area contributed by atoms with Crippen LogP contribution < -0.4 is 5.32 Å². The summed E-state index contributed by atoms with van der Waals surface area (Å²) in [4.78, 5) is 16.5. The van der Waals surface area contributed by atoms with Gasteiger partial charge < -0.3 is 5.32 Å². The van der Waals surface area contributed by atoms with E-state index in [1.807, 2.05) is 31.2 Å². The van der Waals surface area contributed by atoms with Crippen LogP contribution in [0.15, 0.2) is 48.8 Å².